The van der Waals surface area contributed by atoms with Crippen LogP contribution in [0.2, 0.25) is 0 Å². The largest absolute Gasteiger partial charge is 0.491 e. The standard InChI is InChI=1S/C12H19NO4S/c1-10-4-3-5-11(2)12(10)17-7-6-16-8-9-18(13,14)15/h3-5H,6-9H2,1-2H3,(H2,13,14,15). The first-order valence-electron chi connectivity index (χ1n) is 5.67. The van der Waals surface area contributed by atoms with Crippen molar-refractivity contribution in [3.63, 3.8) is 0 Å². The molecule has 1 aromatic rings. The van der Waals surface area contributed by atoms with Crippen LogP contribution < -0.4 is 9.88 Å². The minimum Gasteiger partial charge on any atom is -0.491 e. The molecule has 1 aromatic carbocycles. The van der Waals surface area contributed by atoms with Crippen molar-refractivity contribution in [2.24, 2.45) is 5.14 Å². The quantitative estimate of drug-likeness (QED) is 0.751. The third-order valence-corrected chi connectivity index (χ3v) is 3.13. The number of hydrogen-bond donors (Lipinski definition) is 1. The van der Waals surface area contributed by atoms with Gasteiger partial charge in [0, 0.05) is 0 Å². The van der Waals surface area contributed by atoms with Gasteiger partial charge in [-0.25, -0.2) is 13.6 Å². The maximum absolute atomic E-state index is 10.6. The average molecular weight is 273 g/mol. The molecule has 0 amide bonds. The smallest absolute Gasteiger partial charge is 0.211 e. The van der Waals surface area contributed by atoms with Crippen LogP contribution in [0.5, 0.6) is 5.75 Å². The van der Waals surface area contributed by atoms with E-state index in [0.717, 1.165) is 16.9 Å². The van der Waals surface area contributed by atoms with E-state index in [9.17, 15) is 8.42 Å². The molecule has 18 heavy (non-hydrogen) atoms. The number of benzene rings is 1. The fourth-order valence-electron chi connectivity index (χ4n) is 1.51. The highest BCUT2D eigenvalue weighted by Crippen LogP contribution is 2.21. The maximum atomic E-state index is 10.6. The van der Waals surface area contributed by atoms with E-state index in [-0.39, 0.29) is 12.4 Å². The minimum atomic E-state index is -3.44. The van der Waals surface area contributed by atoms with Gasteiger partial charge in [0.25, 0.3) is 0 Å². The number of para-hydroxylation sites is 1. The lowest BCUT2D eigenvalue weighted by Gasteiger charge is -2.11. The Kier molecular flexibility index (Phi) is 5.58. The zero-order chi connectivity index (χ0) is 13.6. The Hall–Kier alpha value is -1.11. The summed E-state index contributed by atoms with van der Waals surface area (Å²) in [5.74, 6) is 0.684. The van der Waals surface area contributed by atoms with E-state index in [1.165, 1.54) is 0 Å². The van der Waals surface area contributed by atoms with Crippen molar-refractivity contribution < 1.29 is 17.9 Å². The van der Waals surface area contributed by atoms with E-state index in [4.69, 9.17) is 14.6 Å². The fraction of sp³-hybridized carbons (Fsp3) is 0.500. The molecule has 0 aliphatic carbocycles. The predicted molar refractivity (Wildman–Crippen MR) is 70.2 cm³/mol. The van der Waals surface area contributed by atoms with E-state index < -0.39 is 10.0 Å². The highest BCUT2D eigenvalue weighted by Gasteiger charge is 2.04. The van der Waals surface area contributed by atoms with Gasteiger partial charge in [-0.05, 0) is 25.0 Å². The average Bonchev–Trinajstić information content (AvgIpc) is 2.25. The first-order valence-corrected chi connectivity index (χ1v) is 7.39. The molecule has 0 radical (unpaired) electrons. The van der Waals surface area contributed by atoms with E-state index in [2.05, 4.69) is 0 Å². The number of nitrogens with two attached hydrogens (primary N) is 1. The molecule has 102 valence electrons. The van der Waals surface area contributed by atoms with Gasteiger partial charge >= 0.3 is 0 Å². The number of ether oxygens (including phenoxy) is 2. The van der Waals surface area contributed by atoms with Crippen LogP contribution in [0.3, 0.4) is 0 Å². The molecule has 0 saturated carbocycles. The van der Waals surface area contributed by atoms with E-state index in [0.29, 0.717) is 13.2 Å². The second kappa shape index (κ2) is 6.72. The first-order chi connectivity index (χ1) is 8.40. The third kappa shape index (κ3) is 5.48. The zero-order valence-electron chi connectivity index (χ0n) is 10.7. The molecule has 0 bridgehead atoms. The van der Waals surface area contributed by atoms with Gasteiger partial charge in [-0.2, -0.15) is 0 Å². The monoisotopic (exact) mass is 273 g/mol. The summed E-state index contributed by atoms with van der Waals surface area (Å²) in [5, 5.41) is 4.84. The van der Waals surface area contributed by atoms with Crippen molar-refractivity contribution >= 4 is 10.0 Å². The minimum absolute atomic E-state index is 0.0922. The Bertz CT molecular complexity index is 465. The van der Waals surface area contributed by atoms with Crippen LogP contribution in [0.1, 0.15) is 11.1 Å². The van der Waals surface area contributed by atoms with Crippen LogP contribution in [0, 0.1) is 13.8 Å². The van der Waals surface area contributed by atoms with E-state index in [1.54, 1.807) is 0 Å². The first kappa shape index (κ1) is 14.9. The Morgan fingerprint density at radius 2 is 1.72 bits per heavy atom. The van der Waals surface area contributed by atoms with Gasteiger partial charge in [-0.15, -0.1) is 0 Å². The lowest BCUT2D eigenvalue weighted by Crippen LogP contribution is -2.21. The Labute approximate surface area is 108 Å². The van der Waals surface area contributed by atoms with Gasteiger partial charge in [-0.1, -0.05) is 18.2 Å². The normalized spacial score (nSPS) is 11.5. The van der Waals surface area contributed by atoms with Crippen molar-refractivity contribution in [2.45, 2.75) is 13.8 Å². The summed E-state index contributed by atoms with van der Waals surface area (Å²) in [4.78, 5) is 0. The molecule has 0 unspecified atom stereocenters. The molecule has 0 aliphatic heterocycles. The summed E-state index contributed by atoms with van der Waals surface area (Å²) in [6.07, 6.45) is 0. The van der Waals surface area contributed by atoms with Gasteiger partial charge in [0.15, 0.2) is 0 Å². The molecule has 6 heteroatoms. The molecule has 0 heterocycles. The summed E-state index contributed by atoms with van der Waals surface area (Å²) in [6.45, 7) is 4.77. The van der Waals surface area contributed by atoms with Crippen molar-refractivity contribution in [1.82, 2.24) is 0 Å². The molecule has 5 nitrogen and oxygen atoms in total. The van der Waals surface area contributed by atoms with Crippen LogP contribution in [0.25, 0.3) is 0 Å². The third-order valence-electron chi connectivity index (χ3n) is 2.40. The van der Waals surface area contributed by atoms with Crippen molar-refractivity contribution in [2.75, 3.05) is 25.6 Å². The van der Waals surface area contributed by atoms with Gasteiger partial charge in [-0.3, -0.25) is 0 Å². The molecule has 0 fully saturated rings. The maximum Gasteiger partial charge on any atom is 0.211 e. The highest BCUT2D eigenvalue weighted by atomic mass is 32.2. The van der Waals surface area contributed by atoms with E-state index >= 15 is 0 Å². The summed E-state index contributed by atoms with van der Waals surface area (Å²) in [6, 6.07) is 5.93. The lowest BCUT2D eigenvalue weighted by molar-refractivity contribution is 0.111. The van der Waals surface area contributed by atoms with E-state index in [1.807, 2.05) is 32.0 Å². The Morgan fingerprint density at radius 1 is 1.11 bits per heavy atom. The fourth-order valence-corrected chi connectivity index (χ4v) is 1.86. The second-order valence-electron chi connectivity index (χ2n) is 4.05. The van der Waals surface area contributed by atoms with Gasteiger partial charge in [0.05, 0.1) is 19.0 Å². The van der Waals surface area contributed by atoms with Crippen LogP contribution in [0.15, 0.2) is 18.2 Å². The molecule has 0 aromatic heterocycles. The Morgan fingerprint density at radius 3 is 2.28 bits per heavy atom. The molecular formula is C12H19NO4S. The number of rotatable bonds is 7. The summed E-state index contributed by atoms with van der Waals surface area (Å²) < 4.78 is 32.0. The van der Waals surface area contributed by atoms with Crippen LogP contribution in [0.4, 0.5) is 0 Å². The Balaban J connectivity index is 2.26. The number of primary sulfonamides is 1. The molecular weight excluding hydrogens is 254 g/mol. The van der Waals surface area contributed by atoms with Gasteiger partial charge < -0.3 is 9.47 Å². The molecule has 0 spiro atoms. The molecule has 0 aliphatic rings. The summed E-state index contributed by atoms with van der Waals surface area (Å²) >= 11 is 0. The predicted octanol–water partition coefficient (Wildman–Crippen LogP) is 0.987. The topological polar surface area (TPSA) is 78.6 Å². The van der Waals surface area contributed by atoms with Crippen LogP contribution in [-0.2, 0) is 14.8 Å². The second-order valence-corrected chi connectivity index (χ2v) is 5.78. The molecule has 2 N–H and O–H groups in total. The zero-order valence-corrected chi connectivity index (χ0v) is 11.5. The number of aryl methyl sites for hydroxylation is 2. The van der Waals surface area contributed by atoms with Crippen molar-refractivity contribution in [3.8, 4) is 5.75 Å². The molecule has 0 saturated heterocycles. The summed E-state index contributed by atoms with van der Waals surface area (Å²) in [7, 11) is -3.44. The molecule has 1 rings (SSSR count). The summed E-state index contributed by atoms with van der Waals surface area (Å²) in [5.41, 5.74) is 2.14. The molecule has 0 atom stereocenters. The van der Waals surface area contributed by atoms with Gasteiger partial charge in [0.1, 0.15) is 12.4 Å². The number of sulfonamides is 1. The van der Waals surface area contributed by atoms with Gasteiger partial charge in [0.2, 0.25) is 10.0 Å². The SMILES string of the molecule is Cc1cccc(C)c1OCCOCCS(N)(=O)=O. The van der Waals surface area contributed by atoms with Crippen molar-refractivity contribution in [3.05, 3.63) is 29.3 Å². The lowest BCUT2D eigenvalue weighted by atomic mass is 10.1. The van der Waals surface area contributed by atoms with Crippen LogP contribution >= 0.6 is 0 Å². The highest BCUT2D eigenvalue weighted by molar-refractivity contribution is 7.89. The number of hydrogen-bond acceptors (Lipinski definition) is 4. The van der Waals surface area contributed by atoms with Crippen LogP contribution in [-0.4, -0.2) is 34.0 Å². The van der Waals surface area contributed by atoms with Crippen molar-refractivity contribution in [1.29, 1.82) is 0 Å².